The molecule has 110 valence electrons. The average Bonchev–Trinajstić information content (AvgIpc) is 2.48. The van der Waals surface area contributed by atoms with Crippen molar-refractivity contribution in [2.45, 2.75) is 63.6 Å². The number of likely N-dealkylation sites (tertiary alicyclic amines) is 1. The van der Waals surface area contributed by atoms with Crippen molar-refractivity contribution in [3.05, 3.63) is 30.1 Å². The van der Waals surface area contributed by atoms with Crippen molar-refractivity contribution in [1.29, 1.82) is 0 Å². The van der Waals surface area contributed by atoms with Gasteiger partial charge in [0.05, 0.1) is 6.04 Å². The van der Waals surface area contributed by atoms with Crippen LogP contribution in [0.3, 0.4) is 0 Å². The Hall–Kier alpha value is -0.930. The van der Waals surface area contributed by atoms with E-state index >= 15 is 0 Å². The smallest absolute Gasteiger partial charge is 0.0500 e. The van der Waals surface area contributed by atoms with Crippen LogP contribution in [0.25, 0.3) is 0 Å². The molecular formula is C17H27N3. The van der Waals surface area contributed by atoms with Crippen LogP contribution in [0.5, 0.6) is 0 Å². The summed E-state index contributed by atoms with van der Waals surface area (Å²) < 4.78 is 0. The van der Waals surface area contributed by atoms with E-state index in [2.05, 4.69) is 28.9 Å². The number of aromatic nitrogens is 1. The summed E-state index contributed by atoms with van der Waals surface area (Å²) in [5.74, 6) is 0.903. The molecule has 1 saturated heterocycles. The van der Waals surface area contributed by atoms with Crippen LogP contribution in [-0.2, 0) is 0 Å². The number of pyridine rings is 1. The summed E-state index contributed by atoms with van der Waals surface area (Å²) in [7, 11) is 0. The van der Waals surface area contributed by atoms with Gasteiger partial charge in [-0.1, -0.05) is 12.8 Å². The first-order chi connectivity index (χ1) is 9.77. The lowest BCUT2D eigenvalue weighted by molar-refractivity contribution is 0.0178. The molecule has 2 unspecified atom stereocenters. The molecule has 1 saturated carbocycles. The Labute approximate surface area is 122 Å². The first kappa shape index (κ1) is 14.0. The Balaban J connectivity index is 1.86. The Morgan fingerprint density at radius 1 is 1.15 bits per heavy atom. The Bertz CT molecular complexity index is 416. The zero-order valence-electron chi connectivity index (χ0n) is 12.5. The van der Waals surface area contributed by atoms with Crippen molar-refractivity contribution in [1.82, 2.24) is 9.88 Å². The van der Waals surface area contributed by atoms with Gasteiger partial charge in [-0.05, 0) is 62.8 Å². The van der Waals surface area contributed by atoms with Crippen LogP contribution < -0.4 is 5.73 Å². The number of hydrogen-bond donors (Lipinski definition) is 1. The molecule has 2 fully saturated rings. The Kier molecular flexibility index (Phi) is 4.37. The van der Waals surface area contributed by atoms with Gasteiger partial charge in [-0.2, -0.15) is 0 Å². The van der Waals surface area contributed by atoms with E-state index in [-0.39, 0.29) is 6.04 Å². The van der Waals surface area contributed by atoms with Gasteiger partial charge in [-0.15, -0.1) is 0 Å². The minimum atomic E-state index is 0.165. The average molecular weight is 273 g/mol. The minimum Gasteiger partial charge on any atom is -0.326 e. The first-order valence-corrected chi connectivity index (χ1v) is 8.18. The second-order valence-electron chi connectivity index (χ2n) is 6.58. The van der Waals surface area contributed by atoms with Gasteiger partial charge in [0.1, 0.15) is 0 Å². The van der Waals surface area contributed by atoms with Crippen molar-refractivity contribution in [2.24, 2.45) is 11.7 Å². The summed E-state index contributed by atoms with van der Waals surface area (Å²) in [6.45, 7) is 3.35. The third kappa shape index (κ3) is 2.75. The molecule has 0 bridgehead atoms. The van der Waals surface area contributed by atoms with E-state index in [0.29, 0.717) is 6.04 Å². The highest BCUT2D eigenvalue weighted by Gasteiger charge is 2.38. The molecule has 0 aromatic carbocycles. The maximum atomic E-state index is 6.36. The van der Waals surface area contributed by atoms with Crippen LogP contribution >= 0.6 is 0 Å². The van der Waals surface area contributed by atoms with E-state index in [9.17, 15) is 0 Å². The van der Waals surface area contributed by atoms with Crippen LogP contribution in [0.15, 0.2) is 24.5 Å². The zero-order valence-corrected chi connectivity index (χ0v) is 12.5. The summed E-state index contributed by atoms with van der Waals surface area (Å²) in [5, 5.41) is 0. The number of rotatable bonds is 3. The molecule has 2 N–H and O–H groups in total. The quantitative estimate of drug-likeness (QED) is 0.920. The second kappa shape index (κ2) is 6.23. The topological polar surface area (TPSA) is 42.1 Å². The number of hydrogen-bond acceptors (Lipinski definition) is 3. The van der Waals surface area contributed by atoms with Crippen molar-refractivity contribution in [3.8, 4) is 0 Å². The number of nitrogens with zero attached hydrogens (tertiary/aromatic N) is 2. The van der Waals surface area contributed by atoms with Gasteiger partial charge in [0, 0.05) is 24.5 Å². The predicted molar refractivity (Wildman–Crippen MR) is 82.3 cm³/mol. The summed E-state index contributed by atoms with van der Waals surface area (Å²) in [5.41, 5.74) is 7.69. The minimum absolute atomic E-state index is 0.165. The molecule has 0 amide bonds. The van der Waals surface area contributed by atoms with E-state index in [1.807, 2.05) is 12.4 Å². The molecular weight excluding hydrogens is 246 g/mol. The molecule has 4 atom stereocenters. The fraction of sp³-hybridized carbons (Fsp3) is 0.706. The van der Waals surface area contributed by atoms with Crippen LogP contribution in [0, 0.1) is 5.92 Å². The Morgan fingerprint density at radius 2 is 1.85 bits per heavy atom. The third-order valence-corrected chi connectivity index (χ3v) is 5.19. The maximum Gasteiger partial charge on any atom is 0.0500 e. The van der Waals surface area contributed by atoms with Gasteiger partial charge >= 0.3 is 0 Å². The lowest BCUT2D eigenvalue weighted by Crippen LogP contribution is -2.52. The van der Waals surface area contributed by atoms with E-state index in [1.54, 1.807) is 0 Å². The van der Waals surface area contributed by atoms with Gasteiger partial charge in [0.25, 0.3) is 0 Å². The van der Waals surface area contributed by atoms with Crippen LogP contribution in [0.4, 0.5) is 0 Å². The van der Waals surface area contributed by atoms with E-state index < -0.39 is 0 Å². The Morgan fingerprint density at radius 3 is 2.60 bits per heavy atom. The molecule has 3 heteroatoms. The predicted octanol–water partition coefficient (Wildman–Crippen LogP) is 3.12. The highest BCUT2D eigenvalue weighted by molar-refractivity contribution is 5.18. The zero-order chi connectivity index (χ0) is 13.9. The fourth-order valence-corrected chi connectivity index (χ4v) is 4.37. The molecule has 3 nitrogen and oxygen atoms in total. The van der Waals surface area contributed by atoms with Gasteiger partial charge < -0.3 is 5.73 Å². The summed E-state index contributed by atoms with van der Waals surface area (Å²) in [6.07, 6.45) is 12.1. The summed E-state index contributed by atoms with van der Waals surface area (Å²) in [4.78, 5) is 6.87. The standard InChI is InChI=1S/C17H27N3/c1-13(18)17(15-8-10-19-11-9-15)20-12-4-6-14-5-2-3-7-16(14)20/h8-11,13-14,16-17H,2-7,12,18H2,1H3/t13?,14-,16-,17?/m1/s1. The van der Waals surface area contributed by atoms with Crippen molar-refractivity contribution >= 4 is 0 Å². The van der Waals surface area contributed by atoms with Crippen molar-refractivity contribution in [2.75, 3.05) is 6.54 Å². The molecule has 1 aliphatic heterocycles. The highest BCUT2D eigenvalue weighted by Crippen LogP contribution is 2.40. The van der Waals surface area contributed by atoms with Crippen molar-refractivity contribution in [3.63, 3.8) is 0 Å². The normalized spacial score (nSPS) is 30.5. The monoisotopic (exact) mass is 273 g/mol. The molecule has 1 aromatic rings. The molecule has 0 spiro atoms. The SMILES string of the molecule is CC(N)C(c1ccncc1)N1CCC[C@H]2CCCC[C@H]21. The molecule has 2 heterocycles. The molecule has 1 aliphatic carbocycles. The highest BCUT2D eigenvalue weighted by atomic mass is 15.2. The molecule has 20 heavy (non-hydrogen) atoms. The largest absolute Gasteiger partial charge is 0.326 e. The second-order valence-corrected chi connectivity index (χ2v) is 6.58. The van der Waals surface area contributed by atoms with Gasteiger partial charge in [0.2, 0.25) is 0 Å². The first-order valence-electron chi connectivity index (χ1n) is 8.18. The number of nitrogens with two attached hydrogens (primary N) is 1. The summed E-state index contributed by atoms with van der Waals surface area (Å²) >= 11 is 0. The number of fused-ring (bicyclic) bond motifs is 1. The summed E-state index contributed by atoms with van der Waals surface area (Å²) in [6, 6.07) is 5.55. The fourth-order valence-electron chi connectivity index (χ4n) is 4.37. The van der Waals surface area contributed by atoms with Gasteiger partial charge in [0.15, 0.2) is 0 Å². The van der Waals surface area contributed by atoms with Crippen LogP contribution in [0.2, 0.25) is 0 Å². The molecule has 0 radical (unpaired) electrons. The van der Waals surface area contributed by atoms with E-state index in [0.717, 1.165) is 12.0 Å². The lowest BCUT2D eigenvalue weighted by atomic mass is 9.77. The lowest BCUT2D eigenvalue weighted by Gasteiger charge is -2.48. The van der Waals surface area contributed by atoms with E-state index in [4.69, 9.17) is 5.73 Å². The third-order valence-electron chi connectivity index (χ3n) is 5.19. The van der Waals surface area contributed by atoms with Gasteiger partial charge in [-0.25, -0.2) is 0 Å². The van der Waals surface area contributed by atoms with Gasteiger partial charge in [-0.3, -0.25) is 9.88 Å². The molecule has 2 aliphatic rings. The molecule has 3 rings (SSSR count). The van der Waals surface area contributed by atoms with E-state index in [1.165, 1.54) is 50.6 Å². The molecule has 1 aromatic heterocycles. The number of piperidine rings is 1. The van der Waals surface area contributed by atoms with Crippen molar-refractivity contribution < 1.29 is 0 Å². The maximum absolute atomic E-state index is 6.36. The van der Waals surface area contributed by atoms with Crippen LogP contribution in [-0.4, -0.2) is 28.5 Å². The van der Waals surface area contributed by atoms with Crippen LogP contribution in [0.1, 0.15) is 57.1 Å².